The number of hydrogen-bond donors (Lipinski definition) is 1. The Balaban J connectivity index is 1.55. The van der Waals surface area contributed by atoms with Gasteiger partial charge in [-0.1, -0.05) is 15.9 Å². The largest absolute Gasteiger partial charge is 0.475 e. The van der Waals surface area contributed by atoms with Crippen LogP contribution >= 0.6 is 15.9 Å². The Labute approximate surface area is 143 Å². The maximum Gasteiger partial charge on any atom is 0.257 e. The van der Waals surface area contributed by atoms with Gasteiger partial charge in [-0.2, -0.15) is 0 Å². The molecule has 1 aromatic heterocycles. The number of anilines is 1. The molecule has 0 saturated carbocycles. The van der Waals surface area contributed by atoms with E-state index in [9.17, 15) is 4.79 Å². The van der Waals surface area contributed by atoms with Crippen molar-refractivity contribution in [1.29, 1.82) is 0 Å². The molecule has 5 nitrogen and oxygen atoms in total. The highest BCUT2D eigenvalue weighted by molar-refractivity contribution is 9.10. The number of amides is 1. The standard InChI is InChI=1S/C17H17BrN2O3/c18-13-4-6-14(7-5-13)20-17(21)12-3-8-16(19-10-12)23-11-15-2-1-9-22-15/h3-8,10,15H,1-2,9,11H2,(H,20,21)/t15-/m1/s1. The van der Waals surface area contributed by atoms with E-state index < -0.39 is 0 Å². The first-order valence-corrected chi connectivity index (χ1v) is 8.27. The second-order valence-electron chi connectivity index (χ2n) is 5.29. The summed E-state index contributed by atoms with van der Waals surface area (Å²) in [5.41, 5.74) is 1.22. The average Bonchev–Trinajstić information content (AvgIpc) is 3.09. The number of halogens is 1. The minimum absolute atomic E-state index is 0.150. The van der Waals surface area contributed by atoms with Gasteiger partial charge in [0, 0.05) is 29.0 Å². The zero-order chi connectivity index (χ0) is 16.1. The van der Waals surface area contributed by atoms with E-state index >= 15 is 0 Å². The van der Waals surface area contributed by atoms with E-state index in [0.717, 1.165) is 29.6 Å². The zero-order valence-corrected chi connectivity index (χ0v) is 14.1. The molecule has 1 atom stereocenters. The van der Waals surface area contributed by atoms with Crippen molar-refractivity contribution in [3.05, 3.63) is 52.6 Å². The molecule has 0 aliphatic carbocycles. The molecular formula is C17H17BrN2O3. The zero-order valence-electron chi connectivity index (χ0n) is 12.5. The number of nitrogens with zero attached hydrogens (tertiary/aromatic N) is 1. The van der Waals surface area contributed by atoms with Gasteiger partial charge >= 0.3 is 0 Å². The minimum Gasteiger partial charge on any atom is -0.475 e. The maximum absolute atomic E-state index is 12.2. The van der Waals surface area contributed by atoms with E-state index in [1.165, 1.54) is 6.20 Å². The molecule has 120 valence electrons. The van der Waals surface area contributed by atoms with Crippen LogP contribution in [0.2, 0.25) is 0 Å². The summed E-state index contributed by atoms with van der Waals surface area (Å²) in [4.78, 5) is 16.3. The molecule has 3 rings (SSSR count). The van der Waals surface area contributed by atoms with Crippen LogP contribution in [-0.4, -0.2) is 30.2 Å². The molecule has 1 N–H and O–H groups in total. The Morgan fingerprint density at radius 2 is 2.13 bits per heavy atom. The van der Waals surface area contributed by atoms with E-state index in [4.69, 9.17) is 9.47 Å². The van der Waals surface area contributed by atoms with Crippen LogP contribution in [0, 0.1) is 0 Å². The number of carbonyl (C=O) groups excluding carboxylic acids is 1. The third kappa shape index (κ3) is 4.53. The van der Waals surface area contributed by atoms with Gasteiger partial charge in [0.2, 0.25) is 5.88 Å². The lowest BCUT2D eigenvalue weighted by Crippen LogP contribution is -2.17. The number of hydrogen-bond acceptors (Lipinski definition) is 4. The number of rotatable bonds is 5. The first-order valence-electron chi connectivity index (χ1n) is 7.48. The van der Waals surface area contributed by atoms with Gasteiger partial charge in [-0.15, -0.1) is 0 Å². The number of ether oxygens (including phenoxy) is 2. The second-order valence-corrected chi connectivity index (χ2v) is 6.21. The van der Waals surface area contributed by atoms with Gasteiger partial charge in [0.1, 0.15) is 6.61 Å². The first-order chi connectivity index (χ1) is 11.2. The predicted molar refractivity (Wildman–Crippen MR) is 90.8 cm³/mol. The van der Waals surface area contributed by atoms with E-state index in [1.54, 1.807) is 12.1 Å². The van der Waals surface area contributed by atoms with Crippen LogP contribution in [0.4, 0.5) is 5.69 Å². The minimum atomic E-state index is -0.203. The Morgan fingerprint density at radius 3 is 2.78 bits per heavy atom. The lowest BCUT2D eigenvalue weighted by molar-refractivity contribution is 0.0663. The van der Waals surface area contributed by atoms with Gasteiger partial charge in [-0.05, 0) is 43.2 Å². The smallest absolute Gasteiger partial charge is 0.257 e. The Morgan fingerprint density at radius 1 is 1.30 bits per heavy atom. The van der Waals surface area contributed by atoms with Crippen LogP contribution in [0.3, 0.4) is 0 Å². The molecule has 0 unspecified atom stereocenters. The maximum atomic E-state index is 12.2. The van der Waals surface area contributed by atoms with Gasteiger partial charge in [0.15, 0.2) is 0 Å². The van der Waals surface area contributed by atoms with Crippen LogP contribution in [0.5, 0.6) is 5.88 Å². The SMILES string of the molecule is O=C(Nc1ccc(Br)cc1)c1ccc(OC[C@H]2CCCO2)nc1. The molecular weight excluding hydrogens is 360 g/mol. The third-order valence-electron chi connectivity index (χ3n) is 3.54. The molecule has 0 radical (unpaired) electrons. The van der Waals surface area contributed by atoms with Crippen LogP contribution < -0.4 is 10.1 Å². The summed E-state index contributed by atoms with van der Waals surface area (Å²) in [7, 11) is 0. The van der Waals surface area contributed by atoms with E-state index in [0.29, 0.717) is 18.1 Å². The molecule has 2 heterocycles. The Hall–Kier alpha value is -1.92. The van der Waals surface area contributed by atoms with Crippen LogP contribution in [0.1, 0.15) is 23.2 Å². The first kappa shape index (κ1) is 16.0. The van der Waals surface area contributed by atoms with Crippen molar-refractivity contribution in [2.75, 3.05) is 18.5 Å². The summed E-state index contributed by atoms with van der Waals surface area (Å²) in [5.74, 6) is 0.297. The van der Waals surface area contributed by atoms with Crippen molar-refractivity contribution in [2.24, 2.45) is 0 Å². The number of carbonyl (C=O) groups is 1. The van der Waals surface area contributed by atoms with Crippen molar-refractivity contribution in [3.8, 4) is 5.88 Å². The Bertz CT molecular complexity index is 653. The van der Waals surface area contributed by atoms with Crippen molar-refractivity contribution in [1.82, 2.24) is 4.98 Å². The third-order valence-corrected chi connectivity index (χ3v) is 4.07. The lowest BCUT2D eigenvalue weighted by atomic mass is 10.2. The fourth-order valence-electron chi connectivity index (χ4n) is 2.29. The van der Waals surface area contributed by atoms with Crippen molar-refractivity contribution < 1.29 is 14.3 Å². The van der Waals surface area contributed by atoms with E-state index in [2.05, 4.69) is 26.2 Å². The van der Waals surface area contributed by atoms with Gasteiger partial charge < -0.3 is 14.8 Å². The van der Waals surface area contributed by atoms with E-state index in [-0.39, 0.29) is 12.0 Å². The summed E-state index contributed by atoms with van der Waals surface area (Å²) < 4.78 is 12.0. The molecule has 6 heteroatoms. The van der Waals surface area contributed by atoms with Crippen molar-refractivity contribution in [2.45, 2.75) is 18.9 Å². The molecule has 0 spiro atoms. The quantitative estimate of drug-likeness (QED) is 0.864. The normalized spacial score (nSPS) is 17.0. The molecule has 1 amide bonds. The molecule has 1 aliphatic heterocycles. The molecule has 0 bridgehead atoms. The lowest BCUT2D eigenvalue weighted by Gasteiger charge is -2.11. The highest BCUT2D eigenvalue weighted by atomic mass is 79.9. The van der Waals surface area contributed by atoms with Crippen molar-refractivity contribution >= 4 is 27.5 Å². The highest BCUT2D eigenvalue weighted by Gasteiger charge is 2.16. The Kier molecular flexibility index (Phi) is 5.25. The van der Waals surface area contributed by atoms with Crippen LogP contribution in [0.15, 0.2) is 47.1 Å². The van der Waals surface area contributed by atoms with Crippen LogP contribution in [0.25, 0.3) is 0 Å². The second kappa shape index (κ2) is 7.57. The monoisotopic (exact) mass is 376 g/mol. The number of nitrogens with one attached hydrogen (secondary N) is 1. The predicted octanol–water partition coefficient (Wildman–Crippen LogP) is 3.65. The fourth-order valence-corrected chi connectivity index (χ4v) is 2.55. The summed E-state index contributed by atoms with van der Waals surface area (Å²) >= 11 is 3.36. The fraction of sp³-hybridized carbons (Fsp3) is 0.294. The number of benzene rings is 1. The summed E-state index contributed by atoms with van der Waals surface area (Å²) in [5, 5.41) is 2.82. The van der Waals surface area contributed by atoms with Gasteiger partial charge in [-0.3, -0.25) is 4.79 Å². The van der Waals surface area contributed by atoms with Gasteiger partial charge in [0.05, 0.1) is 11.7 Å². The summed E-state index contributed by atoms with van der Waals surface area (Å²) in [6.07, 6.45) is 3.76. The van der Waals surface area contributed by atoms with Gasteiger partial charge in [0.25, 0.3) is 5.91 Å². The van der Waals surface area contributed by atoms with Crippen LogP contribution in [-0.2, 0) is 4.74 Å². The number of pyridine rings is 1. The molecule has 1 fully saturated rings. The van der Waals surface area contributed by atoms with Gasteiger partial charge in [-0.25, -0.2) is 4.98 Å². The summed E-state index contributed by atoms with van der Waals surface area (Å²) in [6, 6.07) is 10.8. The highest BCUT2D eigenvalue weighted by Crippen LogP contribution is 2.17. The van der Waals surface area contributed by atoms with Crippen molar-refractivity contribution in [3.63, 3.8) is 0 Å². The number of aromatic nitrogens is 1. The molecule has 1 aromatic carbocycles. The molecule has 23 heavy (non-hydrogen) atoms. The summed E-state index contributed by atoms with van der Waals surface area (Å²) in [6.45, 7) is 1.30. The topological polar surface area (TPSA) is 60.5 Å². The molecule has 1 aliphatic rings. The molecule has 1 saturated heterocycles. The molecule has 2 aromatic rings. The van der Waals surface area contributed by atoms with E-state index in [1.807, 2.05) is 24.3 Å². The average molecular weight is 377 g/mol.